The summed E-state index contributed by atoms with van der Waals surface area (Å²) in [6.07, 6.45) is 0.360. The molecule has 4 rings (SSSR count). The van der Waals surface area contributed by atoms with E-state index < -0.39 is 17.4 Å². The number of halogens is 1. The van der Waals surface area contributed by atoms with Gasteiger partial charge in [0.1, 0.15) is 5.82 Å². The van der Waals surface area contributed by atoms with Gasteiger partial charge in [-0.1, -0.05) is 26.0 Å². The van der Waals surface area contributed by atoms with Crippen molar-refractivity contribution in [3.63, 3.8) is 0 Å². The average molecular weight is 395 g/mol. The zero-order valence-corrected chi connectivity index (χ0v) is 16.3. The minimum atomic E-state index is -1.44. The minimum Gasteiger partial charge on any atom is -0.322 e. The maximum atomic E-state index is 13.6. The molecule has 0 spiro atoms. The van der Waals surface area contributed by atoms with Gasteiger partial charge in [-0.05, 0) is 42.3 Å². The lowest BCUT2D eigenvalue weighted by Crippen LogP contribution is -2.69. The Balaban J connectivity index is 1.84. The molecule has 2 aromatic carbocycles. The molecule has 2 aliphatic rings. The summed E-state index contributed by atoms with van der Waals surface area (Å²) in [6.45, 7) is 4.24. The highest BCUT2D eigenvalue weighted by Crippen LogP contribution is 2.45. The molecule has 29 heavy (non-hydrogen) atoms. The lowest BCUT2D eigenvalue weighted by Gasteiger charge is -2.49. The third-order valence-corrected chi connectivity index (χ3v) is 5.39. The molecule has 2 aliphatic heterocycles. The summed E-state index contributed by atoms with van der Waals surface area (Å²) in [6, 6.07) is 12.3. The summed E-state index contributed by atoms with van der Waals surface area (Å²) in [5, 5.41) is 2.78. The van der Waals surface area contributed by atoms with Crippen LogP contribution in [0.5, 0.6) is 0 Å². The highest BCUT2D eigenvalue weighted by molar-refractivity contribution is 6.18. The molecule has 0 saturated carbocycles. The van der Waals surface area contributed by atoms with Crippen molar-refractivity contribution < 1.29 is 18.8 Å². The Labute approximate surface area is 168 Å². The van der Waals surface area contributed by atoms with Crippen LogP contribution in [0.3, 0.4) is 0 Å². The number of carbonyl (C=O) groups is 3. The van der Waals surface area contributed by atoms with E-state index in [4.69, 9.17) is 0 Å². The predicted octanol–water partition coefficient (Wildman–Crippen LogP) is 3.40. The number of para-hydroxylation sites is 1. The highest BCUT2D eigenvalue weighted by Gasteiger charge is 2.60. The molecular weight excluding hydrogens is 373 g/mol. The number of amides is 3. The number of nitrogens with one attached hydrogen (secondary N) is 1. The summed E-state index contributed by atoms with van der Waals surface area (Å²) in [7, 11) is 0. The Morgan fingerprint density at radius 3 is 2.52 bits per heavy atom. The van der Waals surface area contributed by atoms with E-state index in [2.05, 4.69) is 5.32 Å². The third kappa shape index (κ3) is 2.97. The molecule has 1 saturated heterocycles. The fourth-order valence-corrected chi connectivity index (χ4v) is 4.16. The quantitative estimate of drug-likeness (QED) is 0.863. The van der Waals surface area contributed by atoms with Crippen LogP contribution in [0.25, 0.3) is 0 Å². The van der Waals surface area contributed by atoms with Crippen molar-refractivity contribution in [1.82, 2.24) is 4.90 Å². The fraction of sp³-hybridized carbons (Fsp3) is 0.318. The SMILES string of the molecule is CC(C)CN1C(=O)c2ccccc2N2C(=O)CCC12C(=O)Nc1ccc(F)cc1. The maximum Gasteiger partial charge on any atom is 0.271 e. The number of benzene rings is 2. The first-order chi connectivity index (χ1) is 13.8. The lowest BCUT2D eigenvalue weighted by atomic mass is 9.94. The molecule has 2 aromatic rings. The van der Waals surface area contributed by atoms with Gasteiger partial charge >= 0.3 is 0 Å². The lowest BCUT2D eigenvalue weighted by molar-refractivity contribution is -0.129. The molecule has 1 unspecified atom stereocenters. The van der Waals surface area contributed by atoms with Gasteiger partial charge in [-0.15, -0.1) is 0 Å². The summed E-state index contributed by atoms with van der Waals surface area (Å²) >= 11 is 0. The first-order valence-corrected chi connectivity index (χ1v) is 9.65. The van der Waals surface area contributed by atoms with E-state index in [1.165, 1.54) is 34.1 Å². The fourth-order valence-electron chi connectivity index (χ4n) is 4.16. The van der Waals surface area contributed by atoms with Crippen LogP contribution in [0.1, 0.15) is 37.0 Å². The van der Waals surface area contributed by atoms with Crippen molar-refractivity contribution in [2.45, 2.75) is 32.4 Å². The summed E-state index contributed by atoms with van der Waals surface area (Å²) in [5.74, 6) is -1.26. The van der Waals surface area contributed by atoms with E-state index >= 15 is 0 Å². The molecule has 0 radical (unpaired) electrons. The molecule has 1 N–H and O–H groups in total. The third-order valence-electron chi connectivity index (χ3n) is 5.39. The van der Waals surface area contributed by atoms with E-state index in [0.717, 1.165) is 0 Å². The summed E-state index contributed by atoms with van der Waals surface area (Å²) in [5.41, 5.74) is -0.176. The van der Waals surface area contributed by atoms with Gasteiger partial charge in [0.2, 0.25) is 11.6 Å². The van der Waals surface area contributed by atoms with Crippen LogP contribution in [0.15, 0.2) is 48.5 Å². The molecular formula is C22H22FN3O3. The molecule has 1 fully saturated rings. The van der Waals surface area contributed by atoms with E-state index in [9.17, 15) is 18.8 Å². The first-order valence-electron chi connectivity index (χ1n) is 9.65. The monoisotopic (exact) mass is 395 g/mol. The number of hydrogen-bond donors (Lipinski definition) is 1. The Kier molecular flexibility index (Phi) is 4.61. The Bertz CT molecular complexity index is 989. The van der Waals surface area contributed by atoms with Crippen LogP contribution < -0.4 is 10.2 Å². The normalized spacial score (nSPS) is 20.7. The van der Waals surface area contributed by atoms with Gasteiger partial charge in [0, 0.05) is 25.1 Å². The van der Waals surface area contributed by atoms with Crippen LogP contribution in [0.4, 0.5) is 15.8 Å². The van der Waals surface area contributed by atoms with Crippen LogP contribution in [-0.2, 0) is 9.59 Å². The van der Waals surface area contributed by atoms with Gasteiger partial charge < -0.3 is 10.2 Å². The average Bonchev–Trinajstić information content (AvgIpc) is 3.05. The summed E-state index contributed by atoms with van der Waals surface area (Å²) < 4.78 is 13.2. The van der Waals surface area contributed by atoms with Gasteiger partial charge in [-0.25, -0.2) is 4.39 Å². The van der Waals surface area contributed by atoms with Crippen LogP contribution >= 0.6 is 0 Å². The van der Waals surface area contributed by atoms with Crippen molar-refractivity contribution in [3.05, 3.63) is 59.9 Å². The van der Waals surface area contributed by atoms with E-state index in [0.29, 0.717) is 23.5 Å². The van der Waals surface area contributed by atoms with E-state index in [1.807, 2.05) is 13.8 Å². The topological polar surface area (TPSA) is 69.7 Å². The second-order valence-corrected chi connectivity index (χ2v) is 7.83. The molecule has 6 nitrogen and oxygen atoms in total. The molecule has 150 valence electrons. The second-order valence-electron chi connectivity index (χ2n) is 7.83. The van der Waals surface area contributed by atoms with Crippen molar-refractivity contribution in [2.75, 3.05) is 16.8 Å². The van der Waals surface area contributed by atoms with Crippen LogP contribution in [0.2, 0.25) is 0 Å². The van der Waals surface area contributed by atoms with E-state index in [1.54, 1.807) is 24.3 Å². The van der Waals surface area contributed by atoms with Crippen molar-refractivity contribution in [2.24, 2.45) is 5.92 Å². The predicted molar refractivity (Wildman–Crippen MR) is 107 cm³/mol. The molecule has 3 amide bonds. The number of carbonyl (C=O) groups excluding carboxylic acids is 3. The minimum absolute atomic E-state index is 0.0947. The Hall–Kier alpha value is -3.22. The molecule has 2 heterocycles. The van der Waals surface area contributed by atoms with Gasteiger partial charge in [0.25, 0.3) is 11.8 Å². The van der Waals surface area contributed by atoms with Gasteiger partial charge in [0.15, 0.2) is 0 Å². The standard InChI is InChI=1S/C22H22FN3O3/c1-14(2)13-25-20(28)17-5-3-4-6-18(17)26-19(27)11-12-22(25,26)21(29)24-16-9-7-15(23)8-10-16/h3-10,14H,11-13H2,1-2H3,(H,24,29). The Morgan fingerprint density at radius 2 is 1.83 bits per heavy atom. The number of nitrogens with zero attached hydrogens (tertiary/aromatic N) is 2. The molecule has 0 aliphatic carbocycles. The first kappa shape index (κ1) is 19.1. The van der Waals surface area contributed by atoms with E-state index in [-0.39, 0.29) is 30.6 Å². The maximum absolute atomic E-state index is 13.6. The number of anilines is 2. The number of hydrogen-bond acceptors (Lipinski definition) is 3. The van der Waals surface area contributed by atoms with Gasteiger partial charge in [0.05, 0.1) is 11.3 Å². The number of rotatable bonds is 4. The smallest absolute Gasteiger partial charge is 0.271 e. The highest BCUT2D eigenvalue weighted by atomic mass is 19.1. The van der Waals surface area contributed by atoms with Gasteiger partial charge in [-0.2, -0.15) is 0 Å². The molecule has 1 atom stereocenters. The second kappa shape index (κ2) is 6.99. The van der Waals surface area contributed by atoms with Crippen LogP contribution in [-0.4, -0.2) is 34.8 Å². The van der Waals surface area contributed by atoms with Crippen molar-refractivity contribution in [1.29, 1.82) is 0 Å². The molecule has 0 bridgehead atoms. The molecule has 0 aromatic heterocycles. The zero-order chi connectivity index (χ0) is 20.8. The summed E-state index contributed by atoms with van der Waals surface area (Å²) in [4.78, 5) is 42.8. The van der Waals surface area contributed by atoms with Gasteiger partial charge in [-0.3, -0.25) is 19.3 Å². The van der Waals surface area contributed by atoms with Crippen molar-refractivity contribution in [3.8, 4) is 0 Å². The van der Waals surface area contributed by atoms with Crippen LogP contribution in [0, 0.1) is 11.7 Å². The largest absolute Gasteiger partial charge is 0.322 e. The molecule has 7 heteroatoms. The number of fused-ring (bicyclic) bond motifs is 3. The van der Waals surface area contributed by atoms with Crippen molar-refractivity contribution >= 4 is 29.1 Å². The Morgan fingerprint density at radius 1 is 1.14 bits per heavy atom. The zero-order valence-electron chi connectivity index (χ0n) is 16.3.